The quantitative estimate of drug-likeness (QED) is 0.171. The van der Waals surface area contributed by atoms with E-state index in [1.165, 1.54) is 92.9 Å². The van der Waals surface area contributed by atoms with Crippen LogP contribution in [0, 0.1) is 0 Å². The van der Waals surface area contributed by atoms with Crippen LogP contribution in [0.3, 0.4) is 0 Å². The highest BCUT2D eigenvalue weighted by Crippen LogP contribution is 2.44. The lowest BCUT2D eigenvalue weighted by atomic mass is 10.1. The van der Waals surface area contributed by atoms with E-state index in [1.54, 1.807) is 0 Å². The van der Waals surface area contributed by atoms with E-state index in [4.69, 9.17) is 0 Å². The van der Waals surface area contributed by atoms with Crippen molar-refractivity contribution in [3.8, 4) is 22.7 Å². The summed E-state index contributed by atoms with van der Waals surface area (Å²) in [5.74, 6) is 0. The van der Waals surface area contributed by atoms with Gasteiger partial charge in [0.2, 0.25) is 0 Å². The van der Waals surface area contributed by atoms with Crippen LogP contribution in [0.1, 0.15) is 0 Å². The normalized spacial score (nSPS) is 12.1. The van der Waals surface area contributed by atoms with E-state index in [1.807, 2.05) is 0 Å². The summed E-state index contributed by atoms with van der Waals surface area (Å²) in [4.78, 5) is 0. The molecular weight excluding hydrogens is 705 g/mol. The van der Waals surface area contributed by atoms with Gasteiger partial charge in [0, 0.05) is 48.8 Å². The summed E-state index contributed by atoms with van der Waals surface area (Å²) < 4.78 is 9.89. The maximum atomic E-state index is 2.50. The lowest BCUT2D eigenvalue weighted by Crippen LogP contribution is -2.01. The van der Waals surface area contributed by atoms with Crippen molar-refractivity contribution < 1.29 is 0 Å². The molecule has 0 fully saturated rings. The Morgan fingerprint density at radius 3 is 1.07 bits per heavy atom. The lowest BCUT2D eigenvalue weighted by molar-refractivity contribution is 1.13. The van der Waals surface area contributed by atoms with E-state index >= 15 is 0 Å². The largest absolute Gasteiger partial charge is 0.309 e. The van der Waals surface area contributed by atoms with Crippen LogP contribution < -0.4 is 0 Å². The molecule has 58 heavy (non-hydrogen) atoms. The predicted octanol–water partition coefficient (Wildman–Crippen LogP) is 14.1. The smallest absolute Gasteiger partial charge is 0.0782 e. The van der Waals surface area contributed by atoms with Crippen LogP contribution in [0.5, 0.6) is 0 Å². The summed E-state index contributed by atoms with van der Waals surface area (Å²) in [6, 6.07) is 75.4. The third-order valence-electron chi connectivity index (χ3n) is 12.3. The van der Waals surface area contributed by atoms with E-state index < -0.39 is 0 Å². The fourth-order valence-electron chi connectivity index (χ4n) is 10.1. The van der Waals surface area contributed by atoms with Gasteiger partial charge in [-0.15, -0.1) is 0 Å². The summed E-state index contributed by atoms with van der Waals surface area (Å²) in [6.45, 7) is 0. The van der Waals surface area contributed by atoms with E-state index in [0.717, 1.165) is 17.1 Å². The molecule has 0 unspecified atom stereocenters. The van der Waals surface area contributed by atoms with Gasteiger partial charge in [-0.25, -0.2) is 0 Å². The Kier molecular flexibility index (Phi) is 6.41. The second kappa shape index (κ2) is 11.8. The molecule has 4 nitrogen and oxygen atoms in total. The third kappa shape index (κ3) is 4.13. The molecule has 0 radical (unpaired) electrons. The van der Waals surface area contributed by atoms with Gasteiger partial charge in [-0.2, -0.15) is 0 Å². The molecule has 13 aromatic rings. The summed E-state index contributed by atoms with van der Waals surface area (Å²) in [6.07, 6.45) is 0. The zero-order chi connectivity index (χ0) is 37.9. The van der Waals surface area contributed by atoms with Crippen molar-refractivity contribution in [3.05, 3.63) is 206 Å². The number of para-hydroxylation sites is 7. The molecule has 13 rings (SSSR count). The first kappa shape index (κ1) is 31.4. The van der Waals surface area contributed by atoms with Gasteiger partial charge >= 0.3 is 0 Å². The molecule has 4 aromatic heterocycles. The monoisotopic (exact) mass is 738 g/mol. The van der Waals surface area contributed by atoms with E-state index in [0.29, 0.717) is 0 Å². The van der Waals surface area contributed by atoms with Gasteiger partial charge in [-0.05, 0) is 72.8 Å². The number of benzene rings is 9. The average molecular weight is 739 g/mol. The van der Waals surface area contributed by atoms with Gasteiger partial charge in [0.15, 0.2) is 0 Å². The highest BCUT2D eigenvalue weighted by Gasteiger charge is 2.24. The minimum atomic E-state index is 1.15. The molecule has 0 atom stereocenters. The van der Waals surface area contributed by atoms with Crippen molar-refractivity contribution in [2.75, 3.05) is 0 Å². The number of hydrogen-bond acceptors (Lipinski definition) is 0. The Labute approximate surface area is 333 Å². The molecule has 0 aliphatic rings. The zero-order valence-electron chi connectivity index (χ0n) is 31.4. The predicted molar refractivity (Wildman–Crippen MR) is 244 cm³/mol. The van der Waals surface area contributed by atoms with Gasteiger partial charge in [0.25, 0.3) is 0 Å². The molecule has 0 aliphatic heterocycles. The van der Waals surface area contributed by atoms with Gasteiger partial charge in [0.05, 0.1) is 61.2 Å². The zero-order valence-corrected chi connectivity index (χ0v) is 31.4. The van der Waals surface area contributed by atoms with Crippen molar-refractivity contribution in [2.45, 2.75) is 0 Å². The number of nitrogens with zero attached hydrogens (tertiary/aromatic N) is 4. The van der Waals surface area contributed by atoms with Crippen LogP contribution in [-0.2, 0) is 0 Å². The minimum absolute atomic E-state index is 1.15. The molecule has 0 aliphatic carbocycles. The summed E-state index contributed by atoms with van der Waals surface area (Å²) in [7, 11) is 0. The van der Waals surface area contributed by atoms with E-state index in [-0.39, 0.29) is 0 Å². The first-order valence-corrected chi connectivity index (χ1v) is 20.0. The fraction of sp³-hybridized carbons (Fsp3) is 0. The number of hydrogen-bond donors (Lipinski definition) is 0. The SMILES string of the molecule is c1ccc(-n2c3ccccc3c3cccc(-n4c5ccccc5c5c(-n6c7ccccc7c7c(-n8c9ccccc9c9ccccc98)cccc76)cccc54)c32)cc1. The number of rotatable bonds is 4. The molecule has 4 heteroatoms. The van der Waals surface area contributed by atoms with Crippen molar-refractivity contribution in [3.63, 3.8) is 0 Å². The van der Waals surface area contributed by atoms with Crippen LogP contribution in [0.4, 0.5) is 0 Å². The Morgan fingerprint density at radius 2 is 0.534 bits per heavy atom. The summed E-state index contributed by atoms with van der Waals surface area (Å²) in [5.41, 5.74) is 14.1. The third-order valence-corrected chi connectivity index (χ3v) is 12.3. The maximum Gasteiger partial charge on any atom is 0.0782 e. The van der Waals surface area contributed by atoms with Crippen LogP contribution in [0.15, 0.2) is 206 Å². The molecule has 270 valence electrons. The number of fused-ring (bicyclic) bond motifs is 12. The van der Waals surface area contributed by atoms with Crippen molar-refractivity contribution in [1.29, 1.82) is 0 Å². The van der Waals surface area contributed by atoms with Crippen LogP contribution in [0.2, 0.25) is 0 Å². The first-order valence-electron chi connectivity index (χ1n) is 20.0. The van der Waals surface area contributed by atoms with E-state index in [9.17, 15) is 0 Å². The fourth-order valence-corrected chi connectivity index (χ4v) is 10.1. The molecule has 0 saturated carbocycles. The molecule has 0 bridgehead atoms. The van der Waals surface area contributed by atoms with E-state index in [2.05, 4.69) is 225 Å². The molecule has 9 aromatic carbocycles. The second-order valence-electron chi connectivity index (χ2n) is 15.3. The Bertz CT molecular complexity index is 3740. The highest BCUT2D eigenvalue weighted by atomic mass is 15.1. The minimum Gasteiger partial charge on any atom is -0.309 e. The second-order valence-corrected chi connectivity index (χ2v) is 15.3. The van der Waals surface area contributed by atoms with Crippen LogP contribution in [0.25, 0.3) is 110 Å². The van der Waals surface area contributed by atoms with Gasteiger partial charge in [-0.1, -0.05) is 133 Å². The summed E-state index contributed by atoms with van der Waals surface area (Å²) in [5, 5.41) is 9.92. The topological polar surface area (TPSA) is 19.7 Å². The highest BCUT2D eigenvalue weighted by molar-refractivity contribution is 6.20. The number of aromatic nitrogens is 4. The maximum absolute atomic E-state index is 2.50. The molecule has 0 N–H and O–H groups in total. The van der Waals surface area contributed by atoms with Gasteiger partial charge in [0.1, 0.15) is 0 Å². The van der Waals surface area contributed by atoms with Crippen LogP contribution in [-0.4, -0.2) is 18.3 Å². The molecule has 4 heterocycles. The first-order chi connectivity index (χ1) is 28.8. The molecule has 0 saturated heterocycles. The Balaban J connectivity index is 1.15. The standard InChI is InChI=1S/C54H34N4/c1-2-17-35(18-3-1)55-42-25-9-6-21-38(42)39-24-14-34-51(54(39)55)58-46-29-13-8-23-41(46)53-49(32-16-33-50(53)58)57-45-28-12-7-22-40(45)52-47(30-15-31-48(52)57)56-43-26-10-4-19-36(43)37-20-5-11-27-44(37)56/h1-34H. The van der Waals surface area contributed by atoms with Gasteiger partial charge < -0.3 is 18.3 Å². The molecular formula is C54H34N4. The average Bonchev–Trinajstić information content (AvgIpc) is 4.02. The summed E-state index contributed by atoms with van der Waals surface area (Å²) >= 11 is 0. The van der Waals surface area contributed by atoms with Crippen LogP contribution >= 0.6 is 0 Å². The van der Waals surface area contributed by atoms with Crippen molar-refractivity contribution in [1.82, 2.24) is 18.3 Å². The lowest BCUT2D eigenvalue weighted by Gasteiger charge is -2.15. The van der Waals surface area contributed by atoms with Crippen molar-refractivity contribution >= 4 is 87.2 Å². The Morgan fingerprint density at radius 1 is 0.207 bits per heavy atom. The molecule has 0 spiro atoms. The Hall–Kier alpha value is -7.82. The van der Waals surface area contributed by atoms with Crippen molar-refractivity contribution in [2.24, 2.45) is 0 Å². The van der Waals surface area contributed by atoms with Gasteiger partial charge in [-0.3, -0.25) is 0 Å². The molecule has 0 amide bonds.